The molecule has 1 aromatic rings. The number of thioether (sulfide) groups is 1. The third kappa shape index (κ3) is 5.08. The molecule has 0 heterocycles. The van der Waals surface area contributed by atoms with Gasteiger partial charge in [0.05, 0.1) is 11.6 Å². The molecule has 0 bridgehead atoms. The fourth-order valence-corrected chi connectivity index (χ4v) is 1.94. The van der Waals surface area contributed by atoms with Gasteiger partial charge >= 0.3 is 0 Å². The Morgan fingerprint density at radius 3 is 3.00 bits per heavy atom. The Balaban J connectivity index is 2.59. The standard InChI is InChI=1S/C13H12ClNOS/c1-10(16)17-7-3-2-4-12-8-11(9-15)5-6-13(12)14/h2,4-6,8H,3,7H2,1H3. The first kappa shape index (κ1) is 13.8. The van der Waals surface area contributed by atoms with Gasteiger partial charge in [-0.1, -0.05) is 35.5 Å². The maximum absolute atomic E-state index is 10.7. The maximum Gasteiger partial charge on any atom is 0.185 e. The van der Waals surface area contributed by atoms with Gasteiger partial charge in [0.1, 0.15) is 0 Å². The van der Waals surface area contributed by atoms with Gasteiger partial charge in [-0.15, -0.1) is 0 Å². The highest BCUT2D eigenvalue weighted by atomic mass is 35.5. The van der Waals surface area contributed by atoms with Gasteiger partial charge in [-0.2, -0.15) is 5.26 Å². The fraction of sp³-hybridized carbons (Fsp3) is 0.231. The Bertz CT molecular complexity index is 477. The monoisotopic (exact) mass is 265 g/mol. The maximum atomic E-state index is 10.7. The number of hydrogen-bond donors (Lipinski definition) is 0. The van der Waals surface area contributed by atoms with E-state index in [9.17, 15) is 4.79 Å². The topological polar surface area (TPSA) is 40.9 Å². The molecule has 0 radical (unpaired) electrons. The van der Waals surface area contributed by atoms with Crippen molar-refractivity contribution in [3.63, 3.8) is 0 Å². The van der Waals surface area contributed by atoms with Crippen LogP contribution in [0.5, 0.6) is 0 Å². The summed E-state index contributed by atoms with van der Waals surface area (Å²) < 4.78 is 0. The Morgan fingerprint density at radius 2 is 2.35 bits per heavy atom. The van der Waals surface area contributed by atoms with E-state index >= 15 is 0 Å². The van der Waals surface area contributed by atoms with E-state index in [0.717, 1.165) is 17.7 Å². The van der Waals surface area contributed by atoms with E-state index in [-0.39, 0.29) is 5.12 Å². The Labute approximate surface area is 110 Å². The largest absolute Gasteiger partial charge is 0.288 e. The zero-order chi connectivity index (χ0) is 12.7. The summed E-state index contributed by atoms with van der Waals surface area (Å²) in [7, 11) is 0. The van der Waals surface area contributed by atoms with Crippen LogP contribution in [0.3, 0.4) is 0 Å². The quantitative estimate of drug-likeness (QED) is 0.776. The summed E-state index contributed by atoms with van der Waals surface area (Å²) in [5.74, 6) is 0.765. The summed E-state index contributed by atoms with van der Waals surface area (Å²) in [5.41, 5.74) is 1.42. The molecule has 0 saturated carbocycles. The van der Waals surface area contributed by atoms with Gasteiger partial charge in [0, 0.05) is 17.7 Å². The average molecular weight is 266 g/mol. The molecule has 88 valence electrons. The van der Waals surface area contributed by atoms with Crippen molar-refractivity contribution in [3.8, 4) is 6.07 Å². The molecular formula is C13H12ClNOS. The molecule has 0 amide bonds. The zero-order valence-corrected chi connectivity index (χ0v) is 11.0. The zero-order valence-electron chi connectivity index (χ0n) is 9.44. The van der Waals surface area contributed by atoms with E-state index in [4.69, 9.17) is 16.9 Å². The average Bonchev–Trinajstić information content (AvgIpc) is 2.30. The van der Waals surface area contributed by atoms with Crippen molar-refractivity contribution in [2.75, 3.05) is 5.75 Å². The van der Waals surface area contributed by atoms with Crippen LogP contribution in [0, 0.1) is 11.3 Å². The molecule has 0 aliphatic rings. The lowest BCUT2D eigenvalue weighted by molar-refractivity contribution is -0.109. The second kappa shape index (κ2) is 7.16. The lowest BCUT2D eigenvalue weighted by atomic mass is 10.1. The Morgan fingerprint density at radius 1 is 1.59 bits per heavy atom. The van der Waals surface area contributed by atoms with Crippen molar-refractivity contribution in [2.45, 2.75) is 13.3 Å². The van der Waals surface area contributed by atoms with E-state index in [1.165, 1.54) is 11.8 Å². The predicted molar refractivity (Wildman–Crippen MR) is 73.0 cm³/mol. The first-order chi connectivity index (χ1) is 8.13. The molecule has 1 rings (SSSR count). The molecule has 0 unspecified atom stereocenters. The molecule has 17 heavy (non-hydrogen) atoms. The van der Waals surface area contributed by atoms with Crippen LogP contribution in [0.4, 0.5) is 0 Å². The number of benzene rings is 1. The van der Waals surface area contributed by atoms with Crippen LogP contribution in [-0.4, -0.2) is 10.9 Å². The third-order valence-electron chi connectivity index (χ3n) is 2.01. The molecule has 0 atom stereocenters. The summed E-state index contributed by atoms with van der Waals surface area (Å²) in [5, 5.41) is 9.52. The van der Waals surface area contributed by atoms with E-state index in [1.807, 2.05) is 12.2 Å². The van der Waals surface area contributed by atoms with E-state index in [1.54, 1.807) is 25.1 Å². The molecule has 0 aliphatic carbocycles. The highest BCUT2D eigenvalue weighted by Gasteiger charge is 1.98. The predicted octanol–water partition coefficient (Wildman–Crippen LogP) is 3.89. The summed E-state index contributed by atoms with van der Waals surface area (Å²) in [6, 6.07) is 7.21. The minimum absolute atomic E-state index is 0.128. The first-order valence-electron chi connectivity index (χ1n) is 5.13. The van der Waals surface area contributed by atoms with Gasteiger partial charge in [0.25, 0.3) is 0 Å². The number of rotatable bonds is 4. The first-order valence-corrected chi connectivity index (χ1v) is 6.49. The van der Waals surface area contributed by atoms with Crippen molar-refractivity contribution in [3.05, 3.63) is 40.4 Å². The smallest absolute Gasteiger partial charge is 0.185 e. The molecule has 0 aromatic heterocycles. The number of nitrogens with zero attached hydrogens (tertiary/aromatic N) is 1. The van der Waals surface area contributed by atoms with Gasteiger partial charge in [-0.3, -0.25) is 4.79 Å². The molecule has 0 fully saturated rings. The number of nitriles is 1. The number of halogens is 1. The van der Waals surface area contributed by atoms with Crippen molar-refractivity contribution >= 4 is 34.6 Å². The highest BCUT2D eigenvalue weighted by Crippen LogP contribution is 2.19. The number of carbonyl (C=O) groups is 1. The van der Waals surface area contributed by atoms with Crippen molar-refractivity contribution in [1.29, 1.82) is 5.26 Å². The molecular weight excluding hydrogens is 254 g/mol. The Hall–Kier alpha value is -1.24. The molecule has 0 spiro atoms. The molecule has 4 heteroatoms. The summed E-state index contributed by atoms with van der Waals surface area (Å²) in [6.07, 6.45) is 4.64. The van der Waals surface area contributed by atoms with Crippen molar-refractivity contribution in [2.24, 2.45) is 0 Å². The number of hydrogen-bond acceptors (Lipinski definition) is 3. The second-order valence-corrected chi connectivity index (χ2v) is 5.06. The van der Waals surface area contributed by atoms with Crippen LogP contribution in [0.2, 0.25) is 5.02 Å². The van der Waals surface area contributed by atoms with Gasteiger partial charge in [0.15, 0.2) is 5.12 Å². The number of allylic oxidation sites excluding steroid dienone is 1. The van der Waals surface area contributed by atoms with Crippen LogP contribution in [0.25, 0.3) is 6.08 Å². The van der Waals surface area contributed by atoms with Gasteiger partial charge in [0.2, 0.25) is 0 Å². The van der Waals surface area contributed by atoms with E-state index < -0.39 is 0 Å². The highest BCUT2D eigenvalue weighted by molar-refractivity contribution is 8.13. The molecule has 0 aliphatic heterocycles. The van der Waals surface area contributed by atoms with Gasteiger partial charge < -0.3 is 0 Å². The lowest BCUT2D eigenvalue weighted by Gasteiger charge is -1.98. The fourth-order valence-electron chi connectivity index (χ4n) is 1.22. The van der Waals surface area contributed by atoms with Crippen LogP contribution in [-0.2, 0) is 4.79 Å². The minimum atomic E-state index is 0.128. The van der Waals surface area contributed by atoms with Crippen molar-refractivity contribution in [1.82, 2.24) is 0 Å². The number of carbonyl (C=O) groups excluding carboxylic acids is 1. The van der Waals surface area contributed by atoms with Crippen LogP contribution in [0.1, 0.15) is 24.5 Å². The van der Waals surface area contributed by atoms with Crippen LogP contribution >= 0.6 is 23.4 Å². The van der Waals surface area contributed by atoms with Gasteiger partial charge in [-0.05, 0) is 30.2 Å². The SMILES string of the molecule is CC(=O)SCCC=Cc1cc(C#N)ccc1Cl. The van der Waals surface area contributed by atoms with Gasteiger partial charge in [-0.25, -0.2) is 0 Å². The Kier molecular flexibility index (Phi) is 5.82. The van der Waals surface area contributed by atoms with E-state index in [2.05, 4.69) is 6.07 Å². The summed E-state index contributed by atoms with van der Waals surface area (Å²) in [4.78, 5) is 10.7. The van der Waals surface area contributed by atoms with Crippen LogP contribution in [0.15, 0.2) is 24.3 Å². The molecule has 0 saturated heterocycles. The normalized spacial score (nSPS) is 10.4. The minimum Gasteiger partial charge on any atom is -0.288 e. The summed E-state index contributed by atoms with van der Waals surface area (Å²) in [6.45, 7) is 1.56. The second-order valence-electron chi connectivity index (χ2n) is 3.38. The van der Waals surface area contributed by atoms with E-state index in [0.29, 0.717) is 10.6 Å². The van der Waals surface area contributed by atoms with Crippen molar-refractivity contribution < 1.29 is 4.79 Å². The third-order valence-corrected chi connectivity index (χ3v) is 3.20. The molecule has 1 aromatic carbocycles. The summed E-state index contributed by atoms with van der Waals surface area (Å²) >= 11 is 7.30. The van der Waals surface area contributed by atoms with Crippen LogP contribution < -0.4 is 0 Å². The molecule has 0 N–H and O–H groups in total. The lowest BCUT2D eigenvalue weighted by Crippen LogP contribution is -1.84. The molecule has 2 nitrogen and oxygen atoms in total.